The lowest BCUT2D eigenvalue weighted by molar-refractivity contribution is -0.121. The summed E-state index contributed by atoms with van der Waals surface area (Å²) in [5.41, 5.74) is 3.65. The number of aryl methyl sites for hydroxylation is 2. The number of carbonyl (C=O) groups excluding carboxylic acids is 1. The van der Waals surface area contributed by atoms with Crippen molar-refractivity contribution in [2.45, 2.75) is 53.0 Å². The lowest BCUT2D eigenvalue weighted by Crippen LogP contribution is -2.27. The van der Waals surface area contributed by atoms with E-state index in [-0.39, 0.29) is 24.0 Å². The van der Waals surface area contributed by atoms with E-state index in [0.717, 1.165) is 16.7 Å². The molecule has 1 aromatic heterocycles. The number of rotatable bonds is 8. The molecule has 0 saturated heterocycles. The van der Waals surface area contributed by atoms with Crippen LogP contribution in [0.25, 0.3) is 10.9 Å². The molecule has 29 heavy (non-hydrogen) atoms. The van der Waals surface area contributed by atoms with Gasteiger partial charge in [-0.1, -0.05) is 36.4 Å². The summed E-state index contributed by atoms with van der Waals surface area (Å²) in [6.45, 7) is 7.22. The van der Waals surface area contributed by atoms with Crippen LogP contribution in [0.4, 0.5) is 0 Å². The second kappa shape index (κ2) is 9.47. The summed E-state index contributed by atoms with van der Waals surface area (Å²) >= 11 is 0. The minimum Gasteiger partial charge on any atom is -0.374 e. The molecule has 6 heteroatoms. The Morgan fingerprint density at radius 2 is 1.93 bits per heavy atom. The van der Waals surface area contributed by atoms with Crippen molar-refractivity contribution < 1.29 is 9.53 Å². The molecule has 0 atom stereocenters. The van der Waals surface area contributed by atoms with Gasteiger partial charge in [0.25, 0.3) is 5.56 Å². The first-order valence-corrected chi connectivity index (χ1v) is 9.85. The van der Waals surface area contributed by atoms with Gasteiger partial charge in [-0.15, -0.1) is 0 Å². The summed E-state index contributed by atoms with van der Waals surface area (Å²) in [6.07, 6.45) is 1.91. The van der Waals surface area contributed by atoms with Crippen LogP contribution in [-0.2, 0) is 29.2 Å². The van der Waals surface area contributed by atoms with Crippen molar-refractivity contribution in [2.75, 3.05) is 0 Å². The average Bonchev–Trinajstić information content (AvgIpc) is 2.71. The summed E-state index contributed by atoms with van der Waals surface area (Å²) in [7, 11) is 0. The third kappa shape index (κ3) is 5.51. The van der Waals surface area contributed by atoms with Gasteiger partial charge in [0.05, 0.1) is 29.9 Å². The topological polar surface area (TPSA) is 73.2 Å². The maximum atomic E-state index is 12.6. The van der Waals surface area contributed by atoms with E-state index in [1.807, 2.05) is 57.2 Å². The van der Waals surface area contributed by atoms with E-state index < -0.39 is 0 Å². The Morgan fingerprint density at radius 1 is 1.17 bits per heavy atom. The number of hydrogen-bond donors (Lipinski definition) is 1. The number of para-hydroxylation sites is 1. The third-order valence-electron chi connectivity index (χ3n) is 4.70. The minimum absolute atomic E-state index is 0.106. The summed E-state index contributed by atoms with van der Waals surface area (Å²) in [5, 5.41) is 3.49. The van der Waals surface area contributed by atoms with E-state index in [0.29, 0.717) is 30.6 Å². The van der Waals surface area contributed by atoms with E-state index in [4.69, 9.17) is 4.74 Å². The summed E-state index contributed by atoms with van der Waals surface area (Å²) in [6, 6.07) is 13.5. The fraction of sp³-hybridized carbons (Fsp3) is 0.348. The molecule has 0 unspecified atom stereocenters. The molecule has 2 aromatic carbocycles. The predicted molar refractivity (Wildman–Crippen MR) is 114 cm³/mol. The van der Waals surface area contributed by atoms with Gasteiger partial charge in [0.15, 0.2) is 0 Å². The number of fused-ring (bicyclic) bond motifs is 1. The molecule has 6 nitrogen and oxygen atoms in total. The maximum Gasteiger partial charge on any atom is 0.261 e. The number of amides is 1. The largest absolute Gasteiger partial charge is 0.374 e. The fourth-order valence-corrected chi connectivity index (χ4v) is 3.10. The number of nitrogens with zero attached hydrogens (tertiary/aromatic N) is 2. The van der Waals surface area contributed by atoms with E-state index in [1.165, 1.54) is 10.9 Å². The van der Waals surface area contributed by atoms with Crippen LogP contribution in [0, 0.1) is 6.92 Å². The number of nitrogens with one attached hydrogen (secondary N) is 1. The second-order valence-electron chi connectivity index (χ2n) is 7.42. The fourth-order valence-electron chi connectivity index (χ4n) is 3.10. The molecular formula is C23H27N3O3. The number of benzene rings is 2. The smallest absolute Gasteiger partial charge is 0.261 e. The van der Waals surface area contributed by atoms with Crippen LogP contribution in [0.5, 0.6) is 0 Å². The average molecular weight is 393 g/mol. The zero-order chi connectivity index (χ0) is 20.8. The van der Waals surface area contributed by atoms with Crippen molar-refractivity contribution in [3.05, 3.63) is 75.8 Å². The van der Waals surface area contributed by atoms with E-state index in [9.17, 15) is 9.59 Å². The molecule has 1 amide bonds. The molecule has 0 aliphatic rings. The Hall–Kier alpha value is -2.99. The Balaban J connectivity index is 1.56. The second-order valence-corrected chi connectivity index (χ2v) is 7.42. The molecule has 1 heterocycles. The molecule has 0 spiro atoms. The highest BCUT2D eigenvalue weighted by Crippen LogP contribution is 2.11. The molecule has 0 radical (unpaired) electrons. The predicted octanol–water partition coefficient (Wildman–Crippen LogP) is 3.34. The van der Waals surface area contributed by atoms with Gasteiger partial charge < -0.3 is 10.1 Å². The Labute approximate surface area is 170 Å². The molecule has 3 aromatic rings. The van der Waals surface area contributed by atoms with E-state index in [2.05, 4.69) is 10.3 Å². The molecular weight excluding hydrogens is 366 g/mol. The van der Waals surface area contributed by atoms with Gasteiger partial charge in [-0.05, 0) is 43.5 Å². The van der Waals surface area contributed by atoms with Gasteiger partial charge in [0, 0.05) is 19.5 Å². The quantitative estimate of drug-likeness (QED) is 0.637. The Morgan fingerprint density at radius 3 is 2.72 bits per heavy atom. The van der Waals surface area contributed by atoms with Gasteiger partial charge in [-0.25, -0.2) is 4.98 Å². The SMILES string of the molecule is Cc1cccc2c(=O)n(CCC(=O)NCc3cccc(COC(C)C)c3)cnc12. The first-order valence-electron chi connectivity index (χ1n) is 9.85. The van der Waals surface area contributed by atoms with Crippen LogP contribution in [0.3, 0.4) is 0 Å². The number of aromatic nitrogens is 2. The molecule has 3 rings (SSSR count). The van der Waals surface area contributed by atoms with E-state index >= 15 is 0 Å². The lowest BCUT2D eigenvalue weighted by atomic mass is 10.1. The summed E-state index contributed by atoms with van der Waals surface area (Å²) < 4.78 is 7.11. The number of carbonyl (C=O) groups is 1. The standard InChI is InChI=1S/C23H27N3O3/c1-16(2)29-14-19-8-5-7-18(12-19)13-24-21(27)10-11-26-15-25-22-17(3)6-4-9-20(22)23(26)28/h4-9,12,15-16H,10-11,13-14H2,1-3H3,(H,24,27). The first kappa shape index (κ1) is 20.7. The molecule has 1 N–H and O–H groups in total. The van der Waals surface area contributed by atoms with Gasteiger partial charge >= 0.3 is 0 Å². The van der Waals surface area contributed by atoms with Crippen molar-refractivity contribution in [3.8, 4) is 0 Å². The number of ether oxygens (including phenoxy) is 1. The van der Waals surface area contributed by atoms with Crippen molar-refractivity contribution in [2.24, 2.45) is 0 Å². The summed E-state index contributed by atoms with van der Waals surface area (Å²) in [5.74, 6) is -0.106. The van der Waals surface area contributed by atoms with Crippen molar-refractivity contribution in [3.63, 3.8) is 0 Å². The monoisotopic (exact) mass is 393 g/mol. The molecule has 0 aliphatic heterocycles. The van der Waals surface area contributed by atoms with Crippen LogP contribution >= 0.6 is 0 Å². The van der Waals surface area contributed by atoms with Crippen molar-refractivity contribution in [1.82, 2.24) is 14.9 Å². The third-order valence-corrected chi connectivity index (χ3v) is 4.70. The maximum absolute atomic E-state index is 12.6. The Kier molecular flexibility index (Phi) is 6.77. The normalized spacial score (nSPS) is 11.2. The zero-order valence-corrected chi connectivity index (χ0v) is 17.1. The highest BCUT2D eigenvalue weighted by molar-refractivity contribution is 5.80. The van der Waals surface area contributed by atoms with Crippen molar-refractivity contribution >= 4 is 16.8 Å². The first-order chi connectivity index (χ1) is 13.9. The van der Waals surface area contributed by atoms with Crippen LogP contribution in [0.1, 0.15) is 37.0 Å². The van der Waals surface area contributed by atoms with Gasteiger partial charge in [0.1, 0.15) is 0 Å². The van der Waals surface area contributed by atoms with Crippen LogP contribution < -0.4 is 10.9 Å². The van der Waals surface area contributed by atoms with Crippen LogP contribution in [0.15, 0.2) is 53.6 Å². The van der Waals surface area contributed by atoms with Crippen LogP contribution in [-0.4, -0.2) is 21.6 Å². The van der Waals surface area contributed by atoms with Gasteiger partial charge in [0.2, 0.25) is 5.91 Å². The highest BCUT2D eigenvalue weighted by Gasteiger charge is 2.08. The zero-order valence-electron chi connectivity index (χ0n) is 17.1. The number of hydrogen-bond acceptors (Lipinski definition) is 4. The van der Waals surface area contributed by atoms with Gasteiger partial charge in [-0.3, -0.25) is 14.2 Å². The summed E-state index contributed by atoms with van der Waals surface area (Å²) in [4.78, 5) is 29.2. The minimum atomic E-state index is -0.121. The molecule has 0 saturated carbocycles. The van der Waals surface area contributed by atoms with Gasteiger partial charge in [-0.2, -0.15) is 0 Å². The molecule has 152 valence electrons. The van der Waals surface area contributed by atoms with E-state index in [1.54, 1.807) is 6.07 Å². The Bertz CT molecular complexity index is 1060. The van der Waals surface area contributed by atoms with Crippen LogP contribution in [0.2, 0.25) is 0 Å². The molecule has 0 fully saturated rings. The lowest BCUT2D eigenvalue weighted by Gasteiger charge is -2.10. The van der Waals surface area contributed by atoms with Crippen molar-refractivity contribution in [1.29, 1.82) is 0 Å². The highest BCUT2D eigenvalue weighted by atomic mass is 16.5. The molecule has 0 aliphatic carbocycles. The molecule has 0 bridgehead atoms.